The van der Waals surface area contributed by atoms with Crippen LogP contribution in [-0.2, 0) is 9.59 Å². The molecule has 0 aliphatic carbocycles. The third-order valence-corrected chi connectivity index (χ3v) is 3.14. The predicted octanol–water partition coefficient (Wildman–Crippen LogP) is 1.17. The number of amides is 2. The highest BCUT2D eigenvalue weighted by Crippen LogP contribution is 2.23. The summed E-state index contributed by atoms with van der Waals surface area (Å²) in [6.07, 6.45) is 2.72. The van der Waals surface area contributed by atoms with Crippen molar-refractivity contribution in [3.05, 3.63) is 16.7 Å². The molecule has 1 atom stereocenters. The Bertz CT molecular complexity index is 502. The van der Waals surface area contributed by atoms with Crippen LogP contribution in [0.15, 0.2) is 6.20 Å². The lowest BCUT2D eigenvalue weighted by molar-refractivity contribution is -0.149. The van der Waals surface area contributed by atoms with Crippen molar-refractivity contribution >= 4 is 24.0 Å². The number of H-pyrrole nitrogens is 1. The van der Waals surface area contributed by atoms with E-state index in [2.05, 4.69) is 4.98 Å². The zero-order valence-corrected chi connectivity index (χ0v) is 10.0. The Morgan fingerprint density at radius 3 is 2.75 bits per heavy atom. The van der Waals surface area contributed by atoms with Gasteiger partial charge in [-0.15, -0.1) is 0 Å². The van der Waals surface area contributed by atoms with Crippen molar-refractivity contribution in [1.29, 1.82) is 0 Å². The van der Waals surface area contributed by atoms with Crippen molar-refractivity contribution in [2.75, 3.05) is 7.05 Å². The standard InChI is InChI=1S/C10H13N3O2S/c1-6-5-13(10(16)11-6)7-3-4-8(14)12(2)9(7)15/h5,7H,3-4H2,1-2H3,(H,11,16). The average molecular weight is 239 g/mol. The molecule has 1 aliphatic heterocycles. The topological polar surface area (TPSA) is 58.1 Å². The summed E-state index contributed by atoms with van der Waals surface area (Å²) in [6, 6.07) is -0.347. The van der Waals surface area contributed by atoms with Crippen LogP contribution in [0.3, 0.4) is 0 Å². The van der Waals surface area contributed by atoms with Gasteiger partial charge in [-0.25, -0.2) is 0 Å². The Kier molecular flexibility index (Phi) is 2.67. The third-order valence-electron chi connectivity index (χ3n) is 2.83. The number of hydrogen-bond acceptors (Lipinski definition) is 3. The normalized spacial score (nSPS) is 21.6. The Morgan fingerprint density at radius 1 is 1.50 bits per heavy atom. The molecule has 1 saturated heterocycles. The number of aromatic nitrogens is 2. The van der Waals surface area contributed by atoms with E-state index in [0.29, 0.717) is 17.6 Å². The molecule has 1 aromatic rings. The molecule has 0 aromatic carbocycles. The molecule has 2 heterocycles. The lowest BCUT2D eigenvalue weighted by Gasteiger charge is -2.28. The second kappa shape index (κ2) is 3.86. The quantitative estimate of drug-likeness (QED) is 0.591. The fraction of sp³-hybridized carbons (Fsp3) is 0.500. The number of piperidine rings is 1. The zero-order valence-electron chi connectivity index (χ0n) is 9.19. The molecule has 0 spiro atoms. The first-order valence-corrected chi connectivity index (χ1v) is 5.49. The fourth-order valence-electron chi connectivity index (χ4n) is 1.92. The summed E-state index contributed by atoms with van der Waals surface area (Å²) in [5.74, 6) is -0.314. The number of nitrogens with one attached hydrogen (secondary N) is 1. The van der Waals surface area contributed by atoms with E-state index in [0.717, 1.165) is 5.69 Å². The molecule has 16 heavy (non-hydrogen) atoms. The maximum absolute atomic E-state index is 11.9. The minimum absolute atomic E-state index is 0.125. The van der Waals surface area contributed by atoms with Gasteiger partial charge in [-0.3, -0.25) is 14.5 Å². The number of nitrogens with zero attached hydrogens (tertiary/aromatic N) is 2. The number of rotatable bonds is 1. The molecule has 86 valence electrons. The van der Waals surface area contributed by atoms with Gasteiger partial charge in [-0.05, 0) is 25.6 Å². The van der Waals surface area contributed by atoms with Gasteiger partial charge in [0.05, 0.1) is 0 Å². The van der Waals surface area contributed by atoms with Crippen LogP contribution in [0.25, 0.3) is 0 Å². The van der Waals surface area contributed by atoms with Crippen molar-refractivity contribution in [2.24, 2.45) is 0 Å². The van der Waals surface area contributed by atoms with Gasteiger partial charge >= 0.3 is 0 Å². The van der Waals surface area contributed by atoms with Crippen LogP contribution in [0.2, 0.25) is 0 Å². The van der Waals surface area contributed by atoms with E-state index in [9.17, 15) is 9.59 Å². The number of likely N-dealkylation sites (N-methyl/N-ethyl adjacent to an activating group) is 1. The molecule has 2 rings (SSSR count). The number of imide groups is 1. The van der Waals surface area contributed by atoms with Crippen molar-refractivity contribution in [2.45, 2.75) is 25.8 Å². The first kappa shape index (κ1) is 11.1. The molecular formula is C10H13N3O2S. The largest absolute Gasteiger partial charge is 0.335 e. The molecule has 6 heteroatoms. The molecule has 0 bridgehead atoms. The molecule has 0 saturated carbocycles. The maximum Gasteiger partial charge on any atom is 0.252 e. The summed E-state index contributed by atoms with van der Waals surface area (Å²) in [7, 11) is 1.51. The predicted molar refractivity (Wildman–Crippen MR) is 60.4 cm³/mol. The average Bonchev–Trinajstić information content (AvgIpc) is 2.55. The molecule has 5 nitrogen and oxygen atoms in total. The van der Waals surface area contributed by atoms with Crippen LogP contribution >= 0.6 is 12.2 Å². The Hall–Kier alpha value is -1.43. The van der Waals surface area contributed by atoms with E-state index >= 15 is 0 Å². The van der Waals surface area contributed by atoms with Gasteiger partial charge in [-0.2, -0.15) is 0 Å². The van der Waals surface area contributed by atoms with E-state index in [-0.39, 0.29) is 17.9 Å². The zero-order chi connectivity index (χ0) is 11.9. The summed E-state index contributed by atoms with van der Waals surface area (Å²) in [5, 5.41) is 0. The van der Waals surface area contributed by atoms with Crippen LogP contribution in [-0.4, -0.2) is 33.3 Å². The summed E-state index contributed by atoms with van der Waals surface area (Å²) in [6.45, 7) is 1.88. The number of carbonyl (C=O) groups excluding carboxylic acids is 2. The number of likely N-dealkylation sites (tertiary alicyclic amines) is 1. The monoisotopic (exact) mass is 239 g/mol. The third kappa shape index (κ3) is 1.69. The van der Waals surface area contributed by atoms with Crippen molar-refractivity contribution < 1.29 is 9.59 Å². The van der Waals surface area contributed by atoms with Gasteiger partial charge in [-0.1, -0.05) is 0 Å². The fourth-order valence-corrected chi connectivity index (χ4v) is 2.26. The smallest absolute Gasteiger partial charge is 0.252 e. The van der Waals surface area contributed by atoms with Crippen LogP contribution in [0.1, 0.15) is 24.6 Å². The lowest BCUT2D eigenvalue weighted by atomic mass is 10.0. The molecule has 1 unspecified atom stereocenters. The summed E-state index contributed by atoms with van der Waals surface area (Å²) >= 11 is 5.13. The summed E-state index contributed by atoms with van der Waals surface area (Å²) in [4.78, 5) is 27.4. The molecule has 1 aromatic heterocycles. The second-order valence-corrected chi connectivity index (χ2v) is 4.38. The lowest BCUT2D eigenvalue weighted by Crippen LogP contribution is -2.43. The van der Waals surface area contributed by atoms with Gasteiger partial charge in [0.2, 0.25) is 5.91 Å². The van der Waals surface area contributed by atoms with Gasteiger partial charge in [0.15, 0.2) is 4.77 Å². The maximum atomic E-state index is 11.9. The van der Waals surface area contributed by atoms with E-state index in [1.165, 1.54) is 11.9 Å². The van der Waals surface area contributed by atoms with Crippen molar-refractivity contribution in [1.82, 2.24) is 14.5 Å². The van der Waals surface area contributed by atoms with Crippen molar-refractivity contribution in [3.8, 4) is 0 Å². The highest BCUT2D eigenvalue weighted by atomic mass is 32.1. The highest BCUT2D eigenvalue weighted by Gasteiger charge is 2.33. The van der Waals surface area contributed by atoms with Crippen LogP contribution < -0.4 is 0 Å². The van der Waals surface area contributed by atoms with Crippen LogP contribution in [0, 0.1) is 11.7 Å². The van der Waals surface area contributed by atoms with Gasteiger partial charge < -0.3 is 9.55 Å². The minimum atomic E-state index is -0.347. The molecule has 1 N–H and O–H groups in total. The highest BCUT2D eigenvalue weighted by molar-refractivity contribution is 7.71. The first-order valence-electron chi connectivity index (χ1n) is 5.09. The van der Waals surface area contributed by atoms with Crippen LogP contribution in [0.4, 0.5) is 0 Å². The Morgan fingerprint density at radius 2 is 2.19 bits per heavy atom. The second-order valence-electron chi connectivity index (χ2n) is 4.00. The van der Waals surface area contributed by atoms with Crippen molar-refractivity contribution in [3.63, 3.8) is 0 Å². The van der Waals surface area contributed by atoms with Gasteiger partial charge in [0.1, 0.15) is 6.04 Å². The van der Waals surface area contributed by atoms with E-state index < -0.39 is 0 Å². The van der Waals surface area contributed by atoms with Gasteiger partial charge in [0.25, 0.3) is 5.91 Å². The van der Waals surface area contributed by atoms with E-state index in [4.69, 9.17) is 12.2 Å². The summed E-state index contributed by atoms with van der Waals surface area (Å²) < 4.78 is 2.26. The molecule has 1 aliphatic rings. The number of aryl methyl sites for hydroxylation is 1. The Balaban J connectivity index is 2.36. The number of aromatic amines is 1. The number of hydrogen-bond donors (Lipinski definition) is 1. The molecule has 1 fully saturated rings. The van der Waals surface area contributed by atoms with E-state index in [1.807, 2.05) is 13.1 Å². The number of imidazole rings is 1. The Labute approximate surface area is 98.1 Å². The summed E-state index contributed by atoms with van der Waals surface area (Å²) in [5.41, 5.74) is 0.914. The first-order chi connectivity index (χ1) is 7.50. The molecular weight excluding hydrogens is 226 g/mol. The van der Waals surface area contributed by atoms with Crippen LogP contribution in [0.5, 0.6) is 0 Å². The molecule has 0 radical (unpaired) electrons. The van der Waals surface area contributed by atoms with Gasteiger partial charge in [0, 0.05) is 25.4 Å². The SMILES string of the molecule is Cc1cn(C2CCC(=O)N(C)C2=O)c(=S)[nH]1. The molecule has 2 amide bonds. The number of carbonyl (C=O) groups is 2. The minimum Gasteiger partial charge on any atom is -0.335 e. The van der Waals surface area contributed by atoms with E-state index in [1.54, 1.807) is 4.57 Å².